The number of hydrogen-bond acceptors (Lipinski definition) is 1. The van der Waals surface area contributed by atoms with Crippen molar-refractivity contribution in [3.05, 3.63) is 68.1 Å². The summed E-state index contributed by atoms with van der Waals surface area (Å²) >= 11 is 7.10. The van der Waals surface area contributed by atoms with Gasteiger partial charge in [0.1, 0.15) is 0 Å². The summed E-state index contributed by atoms with van der Waals surface area (Å²) in [6.07, 6.45) is 0.987. The second-order valence-corrected chi connectivity index (χ2v) is 6.57. The van der Waals surface area contributed by atoms with E-state index < -0.39 is 0 Å². The van der Waals surface area contributed by atoms with E-state index in [0.29, 0.717) is 6.04 Å². The number of nitrogens with one attached hydrogen (secondary N) is 1. The molecule has 0 radical (unpaired) electrons. The quantitative estimate of drug-likeness (QED) is 0.782. The Labute approximate surface area is 131 Å². The molecule has 3 heteroatoms. The second kappa shape index (κ2) is 6.69. The molecule has 0 aromatic heterocycles. The first kappa shape index (κ1) is 14.8. The van der Waals surface area contributed by atoms with Crippen molar-refractivity contribution in [1.82, 2.24) is 5.32 Å². The molecule has 1 atom stereocenters. The van der Waals surface area contributed by atoms with E-state index in [9.17, 15) is 0 Å². The van der Waals surface area contributed by atoms with Gasteiger partial charge in [0.25, 0.3) is 0 Å². The molecule has 0 aliphatic rings. The van der Waals surface area contributed by atoms with E-state index in [2.05, 4.69) is 86.6 Å². The van der Waals surface area contributed by atoms with Gasteiger partial charge < -0.3 is 5.32 Å². The normalized spacial score (nSPS) is 12.4. The van der Waals surface area contributed by atoms with Crippen LogP contribution in [0.2, 0.25) is 0 Å². The van der Waals surface area contributed by atoms with Crippen molar-refractivity contribution in [3.63, 3.8) is 0 Å². The number of hydrogen-bond donors (Lipinski definition) is 1. The molecule has 2 aromatic carbocycles. The molecular weight excluding hydrogens is 366 g/mol. The predicted octanol–water partition coefficient (Wildman–Crippen LogP) is 5.02. The Morgan fingerprint density at radius 2 is 1.74 bits per heavy atom. The second-order valence-electron chi connectivity index (χ2n) is 4.74. The fourth-order valence-corrected chi connectivity index (χ4v) is 3.57. The van der Waals surface area contributed by atoms with E-state index in [1.165, 1.54) is 16.7 Å². The van der Waals surface area contributed by atoms with E-state index in [-0.39, 0.29) is 0 Å². The molecule has 0 bridgehead atoms. The zero-order valence-electron chi connectivity index (χ0n) is 11.1. The Morgan fingerprint density at radius 3 is 2.32 bits per heavy atom. The fraction of sp³-hybridized carbons (Fsp3) is 0.250. The van der Waals surface area contributed by atoms with Crippen LogP contribution in [-0.4, -0.2) is 7.05 Å². The Morgan fingerprint density at radius 1 is 1.05 bits per heavy atom. The Kier molecular flexibility index (Phi) is 5.20. The molecule has 1 unspecified atom stereocenters. The van der Waals surface area contributed by atoms with Crippen LogP contribution in [0.5, 0.6) is 0 Å². The first-order chi connectivity index (χ1) is 9.08. The minimum Gasteiger partial charge on any atom is -0.313 e. The van der Waals surface area contributed by atoms with Gasteiger partial charge in [-0.3, -0.25) is 0 Å². The smallest absolute Gasteiger partial charge is 0.0359 e. The van der Waals surface area contributed by atoms with Gasteiger partial charge in [0.15, 0.2) is 0 Å². The molecular formula is C16H17Br2N. The lowest BCUT2D eigenvalue weighted by molar-refractivity contribution is 0.591. The van der Waals surface area contributed by atoms with E-state index >= 15 is 0 Å². The first-order valence-electron chi connectivity index (χ1n) is 6.27. The van der Waals surface area contributed by atoms with Crippen LogP contribution >= 0.6 is 31.9 Å². The summed E-state index contributed by atoms with van der Waals surface area (Å²) in [7, 11) is 2.01. The molecule has 100 valence electrons. The Balaban J connectivity index is 2.24. The highest BCUT2D eigenvalue weighted by molar-refractivity contribution is 9.11. The van der Waals surface area contributed by atoms with E-state index in [1.54, 1.807) is 0 Å². The molecule has 0 aliphatic heterocycles. The molecule has 0 spiro atoms. The summed E-state index contributed by atoms with van der Waals surface area (Å²) in [5.74, 6) is 0. The van der Waals surface area contributed by atoms with Crippen molar-refractivity contribution in [2.45, 2.75) is 19.4 Å². The largest absolute Gasteiger partial charge is 0.313 e. The molecule has 19 heavy (non-hydrogen) atoms. The third kappa shape index (κ3) is 4.16. The molecule has 0 heterocycles. The maximum absolute atomic E-state index is 3.55. The van der Waals surface area contributed by atoms with Gasteiger partial charge in [0, 0.05) is 15.0 Å². The van der Waals surface area contributed by atoms with Crippen molar-refractivity contribution in [3.8, 4) is 0 Å². The highest BCUT2D eigenvalue weighted by Gasteiger charge is 2.11. The highest BCUT2D eigenvalue weighted by atomic mass is 79.9. The van der Waals surface area contributed by atoms with Gasteiger partial charge in [0.05, 0.1) is 0 Å². The number of halogens is 2. The van der Waals surface area contributed by atoms with Gasteiger partial charge in [-0.05, 0) is 49.7 Å². The van der Waals surface area contributed by atoms with Crippen molar-refractivity contribution in [2.24, 2.45) is 0 Å². The third-order valence-electron chi connectivity index (χ3n) is 3.16. The van der Waals surface area contributed by atoms with E-state index in [0.717, 1.165) is 15.4 Å². The average Bonchev–Trinajstić information content (AvgIpc) is 2.34. The van der Waals surface area contributed by atoms with Crippen LogP contribution in [0, 0.1) is 6.92 Å². The van der Waals surface area contributed by atoms with Crippen LogP contribution in [0.1, 0.15) is 22.7 Å². The van der Waals surface area contributed by atoms with Crippen LogP contribution in [0.15, 0.2) is 51.4 Å². The zero-order chi connectivity index (χ0) is 13.8. The SMILES string of the molecule is CNC(Cc1cccc(C)c1)c1cc(Br)cc(Br)c1. The van der Waals surface area contributed by atoms with Gasteiger partial charge in [-0.25, -0.2) is 0 Å². The van der Waals surface area contributed by atoms with Crippen LogP contribution in [0.3, 0.4) is 0 Å². The minimum absolute atomic E-state index is 0.315. The summed E-state index contributed by atoms with van der Waals surface area (Å²) < 4.78 is 2.20. The van der Waals surface area contributed by atoms with Crippen LogP contribution in [0.25, 0.3) is 0 Å². The zero-order valence-corrected chi connectivity index (χ0v) is 14.3. The highest BCUT2D eigenvalue weighted by Crippen LogP contribution is 2.26. The summed E-state index contributed by atoms with van der Waals surface area (Å²) in [5.41, 5.74) is 3.95. The lowest BCUT2D eigenvalue weighted by Crippen LogP contribution is -2.18. The molecule has 0 saturated carbocycles. The van der Waals surface area contributed by atoms with Gasteiger partial charge >= 0.3 is 0 Å². The molecule has 0 aliphatic carbocycles. The Bertz CT molecular complexity index is 546. The molecule has 1 nitrogen and oxygen atoms in total. The summed E-state index contributed by atoms with van der Waals surface area (Å²) in [6.45, 7) is 2.13. The number of rotatable bonds is 4. The van der Waals surface area contributed by atoms with Crippen molar-refractivity contribution < 1.29 is 0 Å². The predicted molar refractivity (Wildman–Crippen MR) is 88.5 cm³/mol. The lowest BCUT2D eigenvalue weighted by atomic mass is 9.98. The Hall–Kier alpha value is -0.640. The van der Waals surface area contributed by atoms with Gasteiger partial charge in [-0.15, -0.1) is 0 Å². The van der Waals surface area contributed by atoms with Crippen molar-refractivity contribution >= 4 is 31.9 Å². The summed E-state index contributed by atoms with van der Waals surface area (Å²) in [5, 5.41) is 3.40. The molecule has 2 rings (SSSR count). The van der Waals surface area contributed by atoms with Crippen molar-refractivity contribution in [1.29, 1.82) is 0 Å². The lowest BCUT2D eigenvalue weighted by Gasteiger charge is -2.18. The molecule has 0 amide bonds. The van der Waals surface area contributed by atoms with Crippen LogP contribution in [-0.2, 0) is 6.42 Å². The maximum atomic E-state index is 3.55. The van der Waals surface area contributed by atoms with E-state index in [4.69, 9.17) is 0 Å². The van der Waals surface area contributed by atoms with Crippen LogP contribution in [0.4, 0.5) is 0 Å². The topological polar surface area (TPSA) is 12.0 Å². The number of likely N-dealkylation sites (N-methyl/N-ethyl adjacent to an activating group) is 1. The molecule has 0 saturated heterocycles. The molecule has 2 aromatic rings. The summed E-state index contributed by atoms with van der Waals surface area (Å²) in [4.78, 5) is 0. The molecule has 1 N–H and O–H groups in total. The van der Waals surface area contributed by atoms with Crippen LogP contribution < -0.4 is 5.32 Å². The third-order valence-corrected chi connectivity index (χ3v) is 4.07. The number of aryl methyl sites for hydroxylation is 1. The van der Waals surface area contributed by atoms with E-state index in [1.807, 2.05) is 7.05 Å². The summed E-state index contributed by atoms with van der Waals surface area (Å²) in [6, 6.07) is 15.4. The monoisotopic (exact) mass is 381 g/mol. The van der Waals surface area contributed by atoms with Gasteiger partial charge in [-0.2, -0.15) is 0 Å². The minimum atomic E-state index is 0.315. The van der Waals surface area contributed by atoms with Crippen molar-refractivity contribution in [2.75, 3.05) is 7.05 Å². The maximum Gasteiger partial charge on any atom is 0.0359 e. The fourth-order valence-electron chi connectivity index (χ4n) is 2.24. The first-order valence-corrected chi connectivity index (χ1v) is 7.86. The van der Waals surface area contributed by atoms with Gasteiger partial charge in [0.2, 0.25) is 0 Å². The standard InChI is InChI=1S/C16H17Br2N/c1-11-4-3-5-12(6-11)7-16(19-2)13-8-14(17)10-15(18)9-13/h3-6,8-10,16,19H,7H2,1-2H3. The van der Waals surface area contributed by atoms with Gasteiger partial charge in [-0.1, -0.05) is 61.7 Å². The number of benzene rings is 2. The molecule has 0 fully saturated rings. The average molecular weight is 383 g/mol.